The van der Waals surface area contributed by atoms with Crippen LogP contribution < -0.4 is 10.2 Å². The van der Waals surface area contributed by atoms with Gasteiger partial charge in [-0.2, -0.15) is 0 Å². The Bertz CT molecular complexity index is 1250. The summed E-state index contributed by atoms with van der Waals surface area (Å²) < 4.78 is 23.3. The van der Waals surface area contributed by atoms with E-state index in [0.717, 1.165) is 51.4 Å². The fourth-order valence-electron chi connectivity index (χ4n) is 9.29. The van der Waals surface area contributed by atoms with E-state index in [4.69, 9.17) is 9.05 Å². The molecule has 0 bridgehead atoms. The smallest absolute Gasteiger partial charge is 0.268 e. The number of amides is 1. The van der Waals surface area contributed by atoms with Crippen molar-refractivity contribution in [3.8, 4) is 0 Å². The third kappa shape index (κ3) is 56.3. The molecular formula is C62H121N2O6P. The summed E-state index contributed by atoms with van der Waals surface area (Å²) in [4.78, 5) is 25.4. The highest BCUT2D eigenvalue weighted by Crippen LogP contribution is 2.38. The largest absolute Gasteiger partial charge is 0.756 e. The summed E-state index contributed by atoms with van der Waals surface area (Å²) in [5, 5.41) is 13.9. The van der Waals surface area contributed by atoms with E-state index < -0.39 is 20.0 Å². The number of rotatable bonds is 57. The summed E-state index contributed by atoms with van der Waals surface area (Å²) in [5.41, 5.74) is 0. The second kappa shape index (κ2) is 53.5. The van der Waals surface area contributed by atoms with Crippen LogP contribution in [0.15, 0.2) is 36.5 Å². The number of nitrogens with one attached hydrogen (secondary N) is 1. The highest BCUT2D eigenvalue weighted by atomic mass is 31.2. The maximum Gasteiger partial charge on any atom is 0.268 e. The van der Waals surface area contributed by atoms with E-state index >= 15 is 0 Å². The van der Waals surface area contributed by atoms with E-state index in [0.29, 0.717) is 23.9 Å². The first-order valence-electron chi connectivity index (χ1n) is 30.8. The average molecular weight is 1020 g/mol. The second-order valence-electron chi connectivity index (χ2n) is 22.4. The second-order valence-corrected chi connectivity index (χ2v) is 23.8. The molecule has 0 aliphatic rings. The van der Waals surface area contributed by atoms with Crippen LogP contribution in [-0.2, 0) is 18.4 Å². The number of carbonyl (C=O) groups is 1. The quantitative estimate of drug-likeness (QED) is 0.0272. The first kappa shape index (κ1) is 69.7. The van der Waals surface area contributed by atoms with E-state index in [-0.39, 0.29) is 19.1 Å². The molecule has 2 N–H and O–H groups in total. The van der Waals surface area contributed by atoms with E-state index in [2.05, 4.69) is 55.6 Å². The maximum atomic E-state index is 12.9. The normalized spacial score (nSPS) is 14.1. The third-order valence-electron chi connectivity index (χ3n) is 14.1. The van der Waals surface area contributed by atoms with E-state index in [1.807, 2.05) is 21.1 Å². The number of unbranched alkanes of at least 4 members (excludes halogenated alkanes) is 38. The van der Waals surface area contributed by atoms with Crippen LogP contribution in [0, 0.1) is 0 Å². The Morgan fingerprint density at radius 2 is 0.817 bits per heavy atom. The minimum absolute atomic E-state index is 0.0141. The zero-order valence-electron chi connectivity index (χ0n) is 47.9. The molecule has 0 radical (unpaired) electrons. The van der Waals surface area contributed by atoms with Crippen LogP contribution in [0.3, 0.4) is 0 Å². The number of hydrogen-bond donors (Lipinski definition) is 2. The van der Waals surface area contributed by atoms with Crippen molar-refractivity contribution in [2.75, 3.05) is 40.9 Å². The molecule has 9 heteroatoms. The summed E-state index contributed by atoms with van der Waals surface area (Å²) in [7, 11) is 1.31. The molecule has 0 fully saturated rings. The lowest BCUT2D eigenvalue weighted by Crippen LogP contribution is -2.46. The number of likely N-dealkylation sites (N-methyl/N-ethyl adjacent to an activating group) is 1. The van der Waals surface area contributed by atoms with E-state index in [9.17, 15) is 19.4 Å². The Balaban J connectivity index is 3.80. The fourth-order valence-corrected chi connectivity index (χ4v) is 10.0. The van der Waals surface area contributed by atoms with Gasteiger partial charge in [0.1, 0.15) is 13.2 Å². The van der Waals surface area contributed by atoms with Gasteiger partial charge in [-0.25, -0.2) is 0 Å². The van der Waals surface area contributed by atoms with Gasteiger partial charge in [0.05, 0.1) is 39.9 Å². The van der Waals surface area contributed by atoms with Crippen LogP contribution in [-0.4, -0.2) is 68.5 Å². The van der Waals surface area contributed by atoms with Gasteiger partial charge in [-0.1, -0.05) is 281 Å². The monoisotopic (exact) mass is 1020 g/mol. The number of aliphatic hydroxyl groups excluding tert-OH is 1. The van der Waals surface area contributed by atoms with Gasteiger partial charge < -0.3 is 28.8 Å². The van der Waals surface area contributed by atoms with Crippen molar-refractivity contribution in [1.82, 2.24) is 5.32 Å². The Morgan fingerprint density at radius 3 is 1.18 bits per heavy atom. The molecule has 0 aliphatic heterocycles. The third-order valence-corrected chi connectivity index (χ3v) is 15.1. The molecule has 420 valence electrons. The molecule has 71 heavy (non-hydrogen) atoms. The minimum Gasteiger partial charge on any atom is -0.756 e. The lowest BCUT2D eigenvalue weighted by Gasteiger charge is -2.30. The Kier molecular flexibility index (Phi) is 52.6. The molecule has 3 atom stereocenters. The lowest BCUT2D eigenvalue weighted by molar-refractivity contribution is -0.870. The van der Waals surface area contributed by atoms with Crippen LogP contribution in [0.4, 0.5) is 0 Å². The van der Waals surface area contributed by atoms with Crippen molar-refractivity contribution < 1.29 is 32.9 Å². The number of quaternary nitrogens is 1. The van der Waals surface area contributed by atoms with Gasteiger partial charge in [0.15, 0.2) is 0 Å². The van der Waals surface area contributed by atoms with Crippen molar-refractivity contribution in [1.29, 1.82) is 0 Å². The van der Waals surface area contributed by atoms with Crippen molar-refractivity contribution in [2.24, 2.45) is 0 Å². The van der Waals surface area contributed by atoms with Gasteiger partial charge in [0.2, 0.25) is 5.91 Å². The summed E-state index contributed by atoms with van der Waals surface area (Å²) in [5.74, 6) is -0.161. The van der Waals surface area contributed by atoms with E-state index in [1.165, 1.54) is 225 Å². The number of phosphoric ester groups is 1. The summed E-state index contributed by atoms with van der Waals surface area (Å²) in [6.45, 7) is 4.71. The molecule has 0 aromatic rings. The molecule has 3 unspecified atom stereocenters. The number of phosphoric acid groups is 1. The Labute approximate surface area is 442 Å². The molecule has 0 aliphatic carbocycles. The molecule has 1 amide bonds. The molecule has 0 saturated carbocycles. The number of hydrogen-bond acceptors (Lipinski definition) is 6. The maximum absolute atomic E-state index is 12.9. The highest BCUT2D eigenvalue weighted by molar-refractivity contribution is 7.45. The van der Waals surface area contributed by atoms with Crippen LogP contribution in [0.25, 0.3) is 0 Å². The molecular weight excluding hydrogens is 900 g/mol. The number of allylic oxidation sites excluding steroid dienone is 6. The topological polar surface area (TPSA) is 108 Å². The molecule has 0 saturated heterocycles. The summed E-state index contributed by atoms with van der Waals surface area (Å²) >= 11 is 0. The van der Waals surface area contributed by atoms with Crippen molar-refractivity contribution in [3.05, 3.63) is 36.5 Å². The van der Waals surface area contributed by atoms with Gasteiger partial charge in [0.25, 0.3) is 7.82 Å². The minimum atomic E-state index is -4.56. The van der Waals surface area contributed by atoms with Crippen molar-refractivity contribution in [3.63, 3.8) is 0 Å². The number of nitrogens with zero attached hydrogens (tertiary/aromatic N) is 1. The lowest BCUT2D eigenvalue weighted by atomic mass is 10.0. The zero-order valence-corrected chi connectivity index (χ0v) is 48.8. The van der Waals surface area contributed by atoms with Gasteiger partial charge in [-0.05, 0) is 51.4 Å². The Hall–Kier alpha value is -1.28. The van der Waals surface area contributed by atoms with Gasteiger partial charge >= 0.3 is 0 Å². The molecule has 0 aromatic heterocycles. The number of carbonyl (C=O) groups excluding carboxylic acids is 1. The molecule has 0 rings (SSSR count). The number of aliphatic hydroxyl groups is 1. The van der Waals surface area contributed by atoms with Crippen molar-refractivity contribution in [2.45, 2.75) is 315 Å². The standard InChI is InChI=1S/C62H121N2O6P/c1-6-8-10-12-14-16-18-19-20-21-22-23-24-25-26-27-28-29-30-31-32-33-34-35-36-37-38-39-40-41-42-43-44-45-46-48-50-52-54-56-62(66)63-60(59-70-71(67,68)69-58-57-64(3,4)5)61(65)55-53-51-49-47-17-15-13-11-9-7-2/h18-19,21-22,24-25,60-61,65H,6-17,20,23,26-59H2,1-5H3,(H-,63,66,67,68)/b19-18-,22-21-,25-24-. The molecule has 0 aromatic carbocycles. The van der Waals surface area contributed by atoms with Crippen LogP contribution in [0.1, 0.15) is 303 Å². The van der Waals surface area contributed by atoms with Gasteiger partial charge in [-0.15, -0.1) is 0 Å². The average Bonchev–Trinajstić information content (AvgIpc) is 3.33. The molecule has 8 nitrogen and oxygen atoms in total. The first-order valence-corrected chi connectivity index (χ1v) is 32.3. The summed E-state index contributed by atoms with van der Waals surface area (Å²) in [6.07, 6.45) is 69.4. The predicted octanol–water partition coefficient (Wildman–Crippen LogP) is 18.3. The fraction of sp³-hybridized carbons (Fsp3) is 0.887. The van der Waals surface area contributed by atoms with Gasteiger partial charge in [0, 0.05) is 6.42 Å². The van der Waals surface area contributed by atoms with Crippen LogP contribution in [0.5, 0.6) is 0 Å². The van der Waals surface area contributed by atoms with E-state index in [1.54, 1.807) is 0 Å². The Morgan fingerprint density at radius 1 is 0.493 bits per heavy atom. The van der Waals surface area contributed by atoms with Gasteiger partial charge in [-0.3, -0.25) is 9.36 Å². The summed E-state index contributed by atoms with van der Waals surface area (Å²) in [6, 6.07) is -0.796. The van der Waals surface area contributed by atoms with Crippen molar-refractivity contribution >= 4 is 13.7 Å². The molecule has 0 heterocycles. The SMILES string of the molecule is CCCCCCC/C=C\C/C=C\C/C=C\CCCCCCCCCCCCCCCCCCCCCCCCCCC(=O)NC(COP(=O)([O-])OCC[N+](C)(C)C)C(O)CCCCCCCCCCCC. The first-order chi connectivity index (χ1) is 34.5. The predicted molar refractivity (Wildman–Crippen MR) is 307 cm³/mol. The molecule has 0 spiro atoms. The highest BCUT2D eigenvalue weighted by Gasteiger charge is 2.24. The van der Waals surface area contributed by atoms with Crippen LogP contribution in [0.2, 0.25) is 0 Å². The zero-order chi connectivity index (χ0) is 52.0. The van der Waals surface area contributed by atoms with Crippen LogP contribution >= 0.6 is 7.82 Å².